The number of halogens is 3. The Bertz CT molecular complexity index is 968. The van der Waals surface area contributed by atoms with Gasteiger partial charge in [0.1, 0.15) is 5.75 Å². The molecule has 1 aromatic heterocycles. The molecule has 0 radical (unpaired) electrons. The summed E-state index contributed by atoms with van der Waals surface area (Å²) in [6.07, 6.45) is -0.366. The molecule has 1 amide bonds. The SMILES string of the molecule is O=C(c1n[nH]c2ccc(OC(F)(F)F)cc12)N(CC1CC1)[C@@H]1CN2CCC1CC2.O=CO. The molecule has 2 aromatic rings. The number of hydrogen-bond donors (Lipinski definition) is 2. The van der Waals surface area contributed by atoms with Crippen LogP contribution in [0.1, 0.15) is 36.2 Å². The largest absolute Gasteiger partial charge is 0.573 e. The molecule has 4 aliphatic rings. The summed E-state index contributed by atoms with van der Waals surface area (Å²) in [5, 5.41) is 14.2. The fourth-order valence-corrected chi connectivity index (χ4v) is 4.72. The van der Waals surface area contributed by atoms with Crippen LogP contribution in [0.15, 0.2) is 18.2 Å². The summed E-state index contributed by atoms with van der Waals surface area (Å²) >= 11 is 0. The van der Waals surface area contributed by atoms with Gasteiger partial charge in [-0.25, -0.2) is 0 Å². The van der Waals surface area contributed by atoms with Crippen LogP contribution in [-0.4, -0.2) is 76.1 Å². The number of ether oxygens (including phenoxy) is 1. The van der Waals surface area contributed by atoms with E-state index in [0.717, 1.165) is 45.3 Å². The Kier molecular flexibility index (Phi) is 6.27. The number of alkyl halides is 3. The summed E-state index contributed by atoms with van der Waals surface area (Å²) in [5.74, 6) is 0.448. The molecule has 8 nitrogen and oxygen atoms in total. The van der Waals surface area contributed by atoms with Gasteiger partial charge in [-0.05, 0) is 68.8 Å². The van der Waals surface area contributed by atoms with Crippen LogP contribution >= 0.6 is 0 Å². The van der Waals surface area contributed by atoms with E-state index in [4.69, 9.17) is 9.90 Å². The van der Waals surface area contributed by atoms with Crippen LogP contribution < -0.4 is 4.74 Å². The molecular weight excluding hydrogens is 429 g/mol. The third kappa shape index (κ3) is 4.98. The number of carbonyl (C=O) groups is 2. The summed E-state index contributed by atoms with van der Waals surface area (Å²) in [5.41, 5.74) is 0.688. The molecule has 6 rings (SSSR count). The second-order valence-electron chi connectivity index (χ2n) is 8.54. The number of rotatable bonds is 5. The highest BCUT2D eigenvalue weighted by Crippen LogP contribution is 2.37. The van der Waals surface area contributed by atoms with Crippen LogP contribution in [0.2, 0.25) is 0 Å². The molecule has 32 heavy (non-hydrogen) atoms. The number of benzene rings is 1. The van der Waals surface area contributed by atoms with Crippen molar-refractivity contribution in [3.8, 4) is 5.75 Å². The van der Waals surface area contributed by atoms with Crippen molar-refractivity contribution >= 4 is 23.3 Å². The van der Waals surface area contributed by atoms with Gasteiger partial charge in [-0.2, -0.15) is 5.10 Å². The standard InChI is InChI=1S/C20H23F3N4O2.CH2O2/c21-20(22,23)29-14-3-4-16-15(9-14)18(25-24-16)19(28)27(10-12-1-2-12)17-11-26-7-5-13(17)6-8-26;2-1-3/h3-4,9,12-13,17H,1-2,5-8,10-11H2,(H,24,25);1H,(H,2,3)/t17-;/m1./s1. The molecule has 1 aromatic carbocycles. The first-order chi connectivity index (χ1) is 15.3. The number of fused-ring (bicyclic) bond motifs is 4. The second-order valence-corrected chi connectivity index (χ2v) is 8.54. The first kappa shape index (κ1) is 22.4. The van der Waals surface area contributed by atoms with Crippen molar-refractivity contribution in [2.45, 2.75) is 38.1 Å². The van der Waals surface area contributed by atoms with E-state index in [1.165, 1.54) is 18.2 Å². The van der Waals surface area contributed by atoms with Crippen molar-refractivity contribution in [3.05, 3.63) is 23.9 Å². The van der Waals surface area contributed by atoms with Gasteiger partial charge in [-0.3, -0.25) is 14.7 Å². The Morgan fingerprint density at radius 1 is 1.28 bits per heavy atom. The molecule has 11 heteroatoms. The van der Waals surface area contributed by atoms with E-state index < -0.39 is 6.36 Å². The van der Waals surface area contributed by atoms with Gasteiger partial charge in [0.2, 0.25) is 0 Å². The molecule has 0 spiro atoms. The maximum atomic E-state index is 13.5. The minimum Gasteiger partial charge on any atom is -0.483 e. The number of carbonyl (C=O) groups excluding carboxylic acids is 1. The molecule has 4 heterocycles. The second kappa shape index (κ2) is 8.97. The Labute approximate surface area is 182 Å². The molecule has 1 atom stereocenters. The number of hydrogen-bond acceptors (Lipinski definition) is 5. The lowest BCUT2D eigenvalue weighted by molar-refractivity contribution is -0.274. The number of aromatic amines is 1. The van der Waals surface area contributed by atoms with Crippen LogP contribution in [0.4, 0.5) is 13.2 Å². The molecule has 2 bridgehead atoms. The molecule has 3 aliphatic heterocycles. The zero-order valence-electron chi connectivity index (χ0n) is 17.3. The van der Waals surface area contributed by atoms with Crippen molar-refractivity contribution in [1.29, 1.82) is 0 Å². The highest BCUT2D eigenvalue weighted by molar-refractivity contribution is 6.05. The number of nitrogens with zero attached hydrogens (tertiary/aromatic N) is 3. The molecular formula is C21H25F3N4O4. The lowest BCUT2D eigenvalue weighted by atomic mass is 9.83. The summed E-state index contributed by atoms with van der Waals surface area (Å²) in [4.78, 5) is 26.2. The van der Waals surface area contributed by atoms with E-state index in [-0.39, 0.29) is 29.9 Å². The third-order valence-corrected chi connectivity index (χ3v) is 6.41. The summed E-state index contributed by atoms with van der Waals surface area (Å²) < 4.78 is 41.9. The molecule has 1 aliphatic carbocycles. The van der Waals surface area contributed by atoms with E-state index in [1.807, 2.05) is 4.90 Å². The minimum atomic E-state index is -4.78. The topological polar surface area (TPSA) is 98.8 Å². The molecule has 0 unspecified atom stereocenters. The molecule has 1 saturated carbocycles. The van der Waals surface area contributed by atoms with Crippen LogP contribution in [0.3, 0.4) is 0 Å². The maximum Gasteiger partial charge on any atom is 0.573 e. The highest BCUT2D eigenvalue weighted by Gasteiger charge is 2.42. The van der Waals surface area contributed by atoms with Gasteiger partial charge in [0.05, 0.1) is 5.52 Å². The van der Waals surface area contributed by atoms with E-state index >= 15 is 0 Å². The van der Waals surface area contributed by atoms with Gasteiger partial charge in [-0.15, -0.1) is 13.2 Å². The van der Waals surface area contributed by atoms with Crippen LogP contribution in [0, 0.1) is 11.8 Å². The van der Waals surface area contributed by atoms with Gasteiger partial charge in [0, 0.05) is 24.5 Å². The van der Waals surface area contributed by atoms with Crippen LogP contribution in [0.25, 0.3) is 10.9 Å². The van der Waals surface area contributed by atoms with Gasteiger partial charge in [0.15, 0.2) is 5.69 Å². The summed E-state index contributed by atoms with van der Waals surface area (Å²) in [6, 6.07) is 4.06. The Balaban J connectivity index is 0.000000775. The number of carboxylic acid groups (broad SMARTS) is 1. The molecule has 4 fully saturated rings. The van der Waals surface area contributed by atoms with Crippen molar-refractivity contribution in [2.24, 2.45) is 11.8 Å². The Morgan fingerprint density at radius 3 is 2.53 bits per heavy atom. The number of amides is 1. The summed E-state index contributed by atoms with van der Waals surface area (Å²) in [6.45, 7) is 3.47. The van der Waals surface area contributed by atoms with E-state index in [2.05, 4.69) is 19.8 Å². The first-order valence-corrected chi connectivity index (χ1v) is 10.6. The number of nitrogens with one attached hydrogen (secondary N) is 1. The number of piperidine rings is 3. The predicted molar refractivity (Wildman–Crippen MR) is 108 cm³/mol. The average Bonchev–Trinajstić information content (AvgIpc) is 3.48. The lowest BCUT2D eigenvalue weighted by Crippen LogP contribution is -2.59. The van der Waals surface area contributed by atoms with Gasteiger partial charge in [0.25, 0.3) is 12.4 Å². The maximum absolute atomic E-state index is 13.5. The van der Waals surface area contributed by atoms with Crippen molar-refractivity contribution in [3.63, 3.8) is 0 Å². The summed E-state index contributed by atoms with van der Waals surface area (Å²) in [7, 11) is 0. The smallest absolute Gasteiger partial charge is 0.483 e. The molecule has 2 N–H and O–H groups in total. The van der Waals surface area contributed by atoms with Gasteiger partial charge >= 0.3 is 6.36 Å². The van der Waals surface area contributed by atoms with Crippen molar-refractivity contribution < 1.29 is 32.6 Å². The van der Waals surface area contributed by atoms with Crippen LogP contribution in [0.5, 0.6) is 5.75 Å². The average molecular weight is 454 g/mol. The quantitative estimate of drug-likeness (QED) is 0.674. The molecule has 3 saturated heterocycles. The normalized spacial score (nSPS) is 24.5. The third-order valence-electron chi connectivity index (χ3n) is 6.41. The predicted octanol–water partition coefficient (Wildman–Crippen LogP) is 3.11. The Morgan fingerprint density at radius 2 is 1.97 bits per heavy atom. The van der Waals surface area contributed by atoms with Crippen molar-refractivity contribution in [2.75, 3.05) is 26.2 Å². The minimum absolute atomic E-state index is 0.145. The zero-order chi connectivity index (χ0) is 22.9. The Hall–Kier alpha value is -2.82. The van der Waals surface area contributed by atoms with E-state index in [1.54, 1.807) is 0 Å². The zero-order valence-corrected chi connectivity index (χ0v) is 17.3. The number of H-pyrrole nitrogens is 1. The van der Waals surface area contributed by atoms with Crippen LogP contribution in [-0.2, 0) is 4.79 Å². The highest BCUT2D eigenvalue weighted by atomic mass is 19.4. The van der Waals surface area contributed by atoms with E-state index in [0.29, 0.717) is 29.3 Å². The van der Waals surface area contributed by atoms with Gasteiger partial charge in [-0.1, -0.05) is 0 Å². The number of aromatic nitrogens is 2. The first-order valence-electron chi connectivity index (χ1n) is 10.6. The van der Waals surface area contributed by atoms with Crippen molar-refractivity contribution in [1.82, 2.24) is 20.0 Å². The van der Waals surface area contributed by atoms with E-state index in [9.17, 15) is 18.0 Å². The fraction of sp³-hybridized carbons (Fsp3) is 0.571. The fourth-order valence-electron chi connectivity index (χ4n) is 4.72. The van der Waals surface area contributed by atoms with Gasteiger partial charge < -0.3 is 19.6 Å². The lowest BCUT2D eigenvalue weighted by Gasteiger charge is -2.49. The monoisotopic (exact) mass is 454 g/mol. The molecule has 174 valence electrons.